The summed E-state index contributed by atoms with van der Waals surface area (Å²) in [6.07, 6.45) is 1.55. The number of nitrogen functional groups attached to an aromatic ring is 1. The van der Waals surface area contributed by atoms with Gasteiger partial charge in [-0.25, -0.2) is 4.98 Å². The molecule has 2 aromatic rings. The standard InChI is InChI=1S/C5H7N7/c6-1-12-2-8-3-4(7)9-11-10-5(3)12/h2H,1,6H2,(H2,7,9,10). The van der Waals surface area contributed by atoms with Gasteiger partial charge in [0.25, 0.3) is 0 Å². The second-order valence-corrected chi connectivity index (χ2v) is 2.24. The fraction of sp³-hybridized carbons (Fsp3) is 0.200. The quantitative estimate of drug-likeness (QED) is 0.544. The summed E-state index contributed by atoms with van der Waals surface area (Å²) in [6, 6.07) is 0. The number of fused-ring (bicyclic) bond motifs is 1. The highest BCUT2D eigenvalue weighted by atomic mass is 15.4. The van der Waals surface area contributed by atoms with Crippen molar-refractivity contribution in [3.05, 3.63) is 6.33 Å². The lowest BCUT2D eigenvalue weighted by atomic mass is 10.5. The molecule has 12 heavy (non-hydrogen) atoms. The maximum Gasteiger partial charge on any atom is 0.189 e. The Morgan fingerprint density at radius 2 is 2.25 bits per heavy atom. The summed E-state index contributed by atoms with van der Waals surface area (Å²) in [5, 5.41) is 10.8. The van der Waals surface area contributed by atoms with Crippen LogP contribution in [0.25, 0.3) is 11.2 Å². The SMILES string of the molecule is NCn1cnc2c(N)nnnc21. The van der Waals surface area contributed by atoms with Crippen LogP contribution in [0.15, 0.2) is 6.33 Å². The van der Waals surface area contributed by atoms with Gasteiger partial charge in [-0.15, -0.1) is 10.2 Å². The Morgan fingerprint density at radius 3 is 3.00 bits per heavy atom. The zero-order chi connectivity index (χ0) is 8.55. The molecule has 7 nitrogen and oxygen atoms in total. The molecule has 0 aromatic carbocycles. The van der Waals surface area contributed by atoms with Gasteiger partial charge in [-0.3, -0.25) is 0 Å². The number of imidazole rings is 1. The highest BCUT2D eigenvalue weighted by molar-refractivity contribution is 5.80. The van der Waals surface area contributed by atoms with Crippen molar-refractivity contribution in [2.45, 2.75) is 6.67 Å². The summed E-state index contributed by atoms with van der Waals surface area (Å²) in [7, 11) is 0. The molecule has 0 saturated heterocycles. The molecule has 2 rings (SSSR count). The first-order chi connectivity index (χ1) is 5.83. The molecule has 2 heterocycles. The van der Waals surface area contributed by atoms with Gasteiger partial charge in [0.15, 0.2) is 17.0 Å². The van der Waals surface area contributed by atoms with Gasteiger partial charge in [0.2, 0.25) is 0 Å². The first kappa shape index (κ1) is 6.92. The number of anilines is 1. The van der Waals surface area contributed by atoms with Gasteiger partial charge in [0, 0.05) is 0 Å². The van der Waals surface area contributed by atoms with E-state index < -0.39 is 0 Å². The van der Waals surface area contributed by atoms with Crippen molar-refractivity contribution >= 4 is 17.0 Å². The maximum absolute atomic E-state index is 5.49. The third kappa shape index (κ3) is 0.800. The van der Waals surface area contributed by atoms with Gasteiger partial charge in [0.05, 0.1) is 13.0 Å². The Kier molecular flexibility index (Phi) is 1.37. The van der Waals surface area contributed by atoms with Crippen LogP contribution in [-0.2, 0) is 6.67 Å². The van der Waals surface area contributed by atoms with E-state index in [1.807, 2.05) is 0 Å². The van der Waals surface area contributed by atoms with Crippen molar-refractivity contribution in [2.24, 2.45) is 5.73 Å². The minimum absolute atomic E-state index is 0.271. The zero-order valence-electron chi connectivity index (χ0n) is 6.18. The van der Waals surface area contributed by atoms with E-state index in [0.717, 1.165) is 0 Å². The number of rotatable bonds is 1. The fourth-order valence-electron chi connectivity index (χ4n) is 0.955. The van der Waals surface area contributed by atoms with E-state index in [2.05, 4.69) is 20.4 Å². The zero-order valence-corrected chi connectivity index (χ0v) is 6.18. The van der Waals surface area contributed by atoms with Crippen molar-refractivity contribution < 1.29 is 0 Å². The normalized spacial score (nSPS) is 10.8. The average molecular weight is 165 g/mol. The first-order valence-electron chi connectivity index (χ1n) is 3.32. The van der Waals surface area contributed by atoms with Crippen LogP contribution in [0.4, 0.5) is 5.82 Å². The summed E-state index contributed by atoms with van der Waals surface area (Å²) in [4.78, 5) is 3.98. The van der Waals surface area contributed by atoms with Crippen molar-refractivity contribution in [3.8, 4) is 0 Å². The highest BCUT2D eigenvalue weighted by Gasteiger charge is 2.06. The number of hydrogen-bond donors (Lipinski definition) is 2. The van der Waals surface area contributed by atoms with Crippen LogP contribution < -0.4 is 11.5 Å². The minimum Gasteiger partial charge on any atom is -0.380 e. The van der Waals surface area contributed by atoms with Crippen LogP contribution in [0.5, 0.6) is 0 Å². The predicted molar refractivity (Wildman–Crippen MR) is 41.7 cm³/mol. The lowest BCUT2D eigenvalue weighted by molar-refractivity contribution is 0.735. The lowest BCUT2D eigenvalue weighted by Crippen LogP contribution is -2.07. The average Bonchev–Trinajstić information content (AvgIpc) is 2.49. The lowest BCUT2D eigenvalue weighted by Gasteiger charge is -1.95. The Balaban J connectivity index is 2.80. The third-order valence-electron chi connectivity index (χ3n) is 1.54. The van der Waals surface area contributed by atoms with Gasteiger partial charge in [-0.2, -0.15) is 0 Å². The molecule has 0 aliphatic heterocycles. The minimum atomic E-state index is 0.271. The van der Waals surface area contributed by atoms with E-state index in [1.165, 1.54) is 0 Å². The number of nitrogens with zero attached hydrogens (tertiary/aromatic N) is 5. The van der Waals surface area contributed by atoms with E-state index in [9.17, 15) is 0 Å². The summed E-state index contributed by atoms with van der Waals surface area (Å²) < 4.78 is 1.64. The van der Waals surface area contributed by atoms with Crippen LogP contribution in [0.1, 0.15) is 0 Å². The summed E-state index contributed by atoms with van der Waals surface area (Å²) in [5.41, 5.74) is 12.0. The van der Waals surface area contributed by atoms with Crippen LogP contribution in [0.3, 0.4) is 0 Å². The maximum atomic E-state index is 5.49. The van der Waals surface area contributed by atoms with Gasteiger partial charge in [0.1, 0.15) is 0 Å². The van der Waals surface area contributed by atoms with Gasteiger partial charge < -0.3 is 16.0 Å². The first-order valence-corrected chi connectivity index (χ1v) is 3.32. The Labute approximate surface area is 67.4 Å². The molecule has 62 valence electrons. The third-order valence-corrected chi connectivity index (χ3v) is 1.54. The molecule has 2 aromatic heterocycles. The molecule has 0 aliphatic rings. The molecule has 4 N–H and O–H groups in total. The molecular weight excluding hydrogens is 158 g/mol. The molecule has 0 unspecified atom stereocenters. The number of aromatic nitrogens is 5. The summed E-state index contributed by atoms with van der Waals surface area (Å²) in [6.45, 7) is 0.300. The van der Waals surface area contributed by atoms with Gasteiger partial charge >= 0.3 is 0 Å². The van der Waals surface area contributed by atoms with E-state index in [-0.39, 0.29) is 5.82 Å². The molecule has 0 saturated carbocycles. The van der Waals surface area contributed by atoms with Crippen LogP contribution >= 0.6 is 0 Å². The Hall–Kier alpha value is -1.76. The number of nitrogens with two attached hydrogens (primary N) is 2. The largest absolute Gasteiger partial charge is 0.380 e. The monoisotopic (exact) mass is 165 g/mol. The van der Waals surface area contributed by atoms with Crippen molar-refractivity contribution in [1.29, 1.82) is 0 Å². The molecule has 0 aliphatic carbocycles. The topological polar surface area (TPSA) is 109 Å². The second-order valence-electron chi connectivity index (χ2n) is 2.24. The van der Waals surface area contributed by atoms with E-state index in [0.29, 0.717) is 17.8 Å². The van der Waals surface area contributed by atoms with E-state index in [1.54, 1.807) is 10.9 Å². The molecule has 0 spiro atoms. The smallest absolute Gasteiger partial charge is 0.189 e. The fourth-order valence-corrected chi connectivity index (χ4v) is 0.955. The van der Waals surface area contributed by atoms with Crippen LogP contribution in [0, 0.1) is 0 Å². The molecule has 0 radical (unpaired) electrons. The summed E-state index contributed by atoms with van der Waals surface area (Å²) in [5.74, 6) is 0.271. The van der Waals surface area contributed by atoms with Crippen molar-refractivity contribution in [3.63, 3.8) is 0 Å². The van der Waals surface area contributed by atoms with Gasteiger partial charge in [-0.05, 0) is 5.21 Å². The van der Waals surface area contributed by atoms with Crippen LogP contribution in [-0.4, -0.2) is 25.0 Å². The number of hydrogen-bond acceptors (Lipinski definition) is 6. The molecular formula is C5H7N7. The predicted octanol–water partition coefficient (Wildman–Crippen LogP) is -1.28. The van der Waals surface area contributed by atoms with Crippen molar-refractivity contribution in [2.75, 3.05) is 5.73 Å². The second kappa shape index (κ2) is 2.38. The van der Waals surface area contributed by atoms with Gasteiger partial charge in [-0.1, -0.05) is 0 Å². The molecule has 0 fully saturated rings. The Bertz CT molecular complexity index is 405. The Morgan fingerprint density at radius 1 is 1.42 bits per heavy atom. The summed E-state index contributed by atoms with van der Waals surface area (Å²) >= 11 is 0. The van der Waals surface area contributed by atoms with Crippen LogP contribution in [0.2, 0.25) is 0 Å². The van der Waals surface area contributed by atoms with Crippen molar-refractivity contribution in [1.82, 2.24) is 25.0 Å². The molecule has 0 atom stereocenters. The van der Waals surface area contributed by atoms with E-state index >= 15 is 0 Å². The molecule has 0 amide bonds. The highest BCUT2D eigenvalue weighted by Crippen LogP contribution is 2.11. The molecule has 7 heteroatoms. The van der Waals surface area contributed by atoms with E-state index in [4.69, 9.17) is 11.5 Å². The molecule has 0 bridgehead atoms.